The van der Waals surface area contributed by atoms with Gasteiger partial charge >= 0.3 is 7.60 Å². The second-order valence-electron chi connectivity index (χ2n) is 6.95. The van der Waals surface area contributed by atoms with Gasteiger partial charge in [0.1, 0.15) is 0 Å². The van der Waals surface area contributed by atoms with Crippen molar-refractivity contribution >= 4 is 29.2 Å². The minimum atomic E-state index is -4.27. The minimum absolute atomic E-state index is 0.0299. The molecular weight excluding hydrogens is 423 g/mol. The van der Waals surface area contributed by atoms with Gasteiger partial charge in [0.2, 0.25) is 10.0 Å². The van der Waals surface area contributed by atoms with Crippen molar-refractivity contribution in [2.24, 2.45) is 0 Å². The lowest BCUT2D eigenvalue weighted by Gasteiger charge is -2.33. The fraction of sp³-hybridized carbons (Fsp3) is 0.333. The SMILES string of the molecule is CN1Cc2ccc(Cl)cc2C(c2cccc(S(=O)(=O)NCCP(=O)(O)O)c2)C1. The highest BCUT2D eigenvalue weighted by atomic mass is 35.5. The van der Waals surface area contributed by atoms with E-state index in [0.717, 1.165) is 29.8 Å². The van der Waals surface area contributed by atoms with E-state index in [1.54, 1.807) is 12.1 Å². The predicted molar refractivity (Wildman–Crippen MR) is 108 cm³/mol. The summed E-state index contributed by atoms with van der Waals surface area (Å²) < 4.78 is 38.2. The van der Waals surface area contributed by atoms with Gasteiger partial charge < -0.3 is 14.7 Å². The molecule has 0 saturated carbocycles. The minimum Gasteiger partial charge on any atom is -0.324 e. The van der Waals surface area contributed by atoms with E-state index in [-0.39, 0.29) is 17.4 Å². The highest BCUT2D eigenvalue weighted by Gasteiger charge is 2.26. The van der Waals surface area contributed by atoms with E-state index < -0.39 is 23.8 Å². The zero-order valence-corrected chi connectivity index (χ0v) is 17.7. The Kier molecular flexibility index (Phi) is 6.32. The number of nitrogens with one attached hydrogen (secondary N) is 1. The fourth-order valence-corrected chi connectivity index (χ4v) is 5.21. The van der Waals surface area contributed by atoms with Gasteiger partial charge in [-0.1, -0.05) is 29.8 Å². The van der Waals surface area contributed by atoms with Gasteiger partial charge in [0.05, 0.1) is 11.1 Å². The summed E-state index contributed by atoms with van der Waals surface area (Å²) >= 11 is 6.18. The van der Waals surface area contributed by atoms with Crippen LogP contribution in [-0.2, 0) is 21.1 Å². The lowest BCUT2D eigenvalue weighted by molar-refractivity contribution is 0.295. The molecule has 1 atom stereocenters. The Morgan fingerprint density at radius 1 is 1.25 bits per heavy atom. The maximum Gasteiger partial charge on any atom is 0.326 e. The zero-order chi connectivity index (χ0) is 20.5. The van der Waals surface area contributed by atoms with Crippen LogP contribution in [0.4, 0.5) is 0 Å². The molecule has 1 aliphatic heterocycles. The van der Waals surface area contributed by atoms with Gasteiger partial charge in [-0.3, -0.25) is 4.57 Å². The molecule has 0 fully saturated rings. The summed E-state index contributed by atoms with van der Waals surface area (Å²) in [5, 5.41) is 0.635. The Morgan fingerprint density at radius 3 is 2.71 bits per heavy atom. The molecule has 0 radical (unpaired) electrons. The molecule has 0 aliphatic carbocycles. The van der Waals surface area contributed by atoms with Crippen molar-refractivity contribution in [1.82, 2.24) is 9.62 Å². The summed E-state index contributed by atoms with van der Waals surface area (Å²) in [4.78, 5) is 20.0. The van der Waals surface area contributed by atoms with Crippen LogP contribution in [0.25, 0.3) is 0 Å². The summed E-state index contributed by atoms with van der Waals surface area (Å²) in [6.07, 6.45) is -0.550. The lowest BCUT2D eigenvalue weighted by Crippen LogP contribution is -2.31. The van der Waals surface area contributed by atoms with Crippen molar-refractivity contribution < 1.29 is 22.8 Å². The van der Waals surface area contributed by atoms with Crippen LogP contribution >= 0.6 is 19.2 Å². The van der Waals surface area contributed by atoms with Crippen LogP contribution in [0, 0.1) is 0 Å². The Hall–Kier alpha value is -1.25. The Balaban J connectivity index is 1.90. The molecule has 152 valence electrons. The third-order valence-corrected chi connectivity index (χ3v) is 7.18. The van der Waals surface area contributed by atoms with Crippen LogP contribution < -0.4 is 4.72 Å². The van der Waals surface area contributed by atoms with Crippen LogP contribution in [-0.4, -0.2) is 49.4 Å². The van der Waals surface area contributed by atoms with Crippen molar-refractivity contribution in [3.63, 3.8) is 0 Å². The number of nitrogens with zero attached hydrogens (tertiary/aromatic N) is 1. The lowest BCUT2D eigenvalue weighted by atomic mass is 9.85. The molecule has 10 heteroatoms. The van der Waals surface area contributed by atoms with Crippen molar-refractivity contribution in [1.29, 1.82) is 0 Å². The maximum atomic E-state index is 12.5. The van der Waals surface area contributed by atoms with Crippen molar-refractivity contribution in [3.8, 4) is 0 Å². The fourth-order valence-electron chi connectivity index (χ4n) is 3.39. The number of hydrogen-bond acceptors (Lipinski definition) is 4. The van der Waals surface area contributed by atoms with Gasteiger partial charge in [-0.2, -0.15) is 0 Å². The summed E-state index contributed by atoms with van der Waals surface area (Å²) in [7, 11) is -6.14. The average Bonchev–Trinajstić information content (AvgIpc) is 2.60. The highest BCUT2D eigenvalue weighted by molar-refractivity contribution is 7.89. The molecule has 3 N–H and O–H groups in total. The van der Waals surface area contributed by atoms with Gasteiger partial charge in [-0.15, -0.1) is 0 Å². The Labute approximate surface area is 169 Å². The molecule has 1 heterocycles. The van der Waals surface area contributed by atoms with Crippen LogP contribution in [0.2, 0.25) is 5.02 Å². The Bertz CT molecular complexity index is 1020. The van der Waals surface area contributed by atoms with E-state index in [9.17, 15) is 13.0 Å². The molecule has 0 spiro atoms. The van der Waals surface area contributed by atoms with Crippen molar-refractivity contribution in [2.75, 3.05) is 26.3 Å². The van der Waals surface area contributed by atoms with Crippen LogP contribution in [0.15, 0.2) is 47.4 Å². The van der Waals surface area contributed by atoms with Crippen LogP contribution in [0.5, 0.6) is 0 Å². The van der Waals surface area contributed by atoms with E-state index in [2.05, 4.69) is 9.62 Å². The van der Waals surface area contributed by atoms with E-state index in [1.165, 1.54) is 6.07 Å². The summed E-state index contributed by atoms with van der Waals surface area (Å²) in [5.74, 6) is -0.0299. The normalized spacial score (nSPS) is 18.1. The first-order valence-electron chi connectivity index (χ1n) is 8.66. The topological polar surface area (TPSA) is 107 Å². The van der Waals surface area contributed by atoms with E-state index in [1.807, 2.05) is 31.3 Å². The first kappa shape index (κ1) is 21.5. The predicted octanol–water partition coefficient (Wildman–Crippen LogP) is 2.37. The Morgan fingerprint density at radius 2 is 2.00 bits per heavy atom. The van der Waals surface area contributed by atoms with E-state index >= 15 is 0 Å². The van der Waals surface area contributed by atoms with Gasteiger partial charge in [-0.05, 0) is 48.0 Å². The zero-order valence-electron chi connectivity index (χ0n) is 15.2. The summed E-state index contributed by atoms with van der Waals surface area (Å²) in [6.45, 7) is 1.19. The van der Waals surface area contributed by atoms with E-state index in [4.69, 9.17) is 21.4 Å². The van der Waals surface area contributed by atoms with Crippen molar-refractivity contribution in [2.45, 2.75) is 17.4 Å². The summed E-state index contributed by atoms with van der Waals surface area (Å²) in [6, 6.07) is 12.4. The number of benzene rings is 2. The standard InChI is InChI=1S/C18H22ClN2O5PS/c1-21-11-14-5-6-15(19)10-17(14)18(12-21)13-3-2-4-16(9-13)28(25,26)20-7-8-27(22,23)24/h2-6,9-10,18,20H,7-8,11-12H2,1H3,(H2,22,23,24). The molecule has 2 aromatic rings. The van der Waals surface area contributed by atoms with Crippen LogP contribution in [0.3, 0.4) is 0 Å². The number of likely N-dealkylation sites (N-methyl/N-ethyl adjacent to an activating group) is 1. The molecule has 3 rings (SSSR count). The molecule has 0 bridgehead atoms. The van der Waals surface area contributed by atoms with Gasteiger partial charge in [0, 0.05) is 30.6 Å². The molecule has 2 aromatic carbocycles. The molecule has 7 nitrogen and oxygen atoms in total. The number of sulfonamides is 1. The average molecular weight is 445 g/mol. The van der Waals surface area contributed by atoms with Crippen LogP contribution in [0.1, 0.15) is 22.6 Å². The van der Waals surface area contributed by atoms with Crippen molar-refractivity contribution in [3.05, 3.63) is 64.2 Å². The molecular formula is C18H22ClN2O5PS. The number of fused-ring (bicyclic) bond motifs is 1. The third kappa shape index (κ3) is 5.21. The van der Waals surface area contributed by atoms with Gasteiger partial charge in [0.15, 0.2) is 0 Å². The smallest absolute Gasteiger partial charge is 0.324 e. The molecule has 1 unspecified atom stereocenters. The van der Waals surface area contributed by atoms with Gasteiger partial charge in [-0.25, -0.2) is 13.1 Å². The molecule has 28 heavy (non-hydrogen) atoms. The molecule has 0 aromatic heterocycles. The number of hydrogen-bond donors (Lipinski definition) is 3. The first-order valence-corrected chi connectivity index (χ1v) is 12.3. The second kappa shape index (κ2) is 8.24. The van der Waals surface area contributed by atoms with E-state index in [0.29, 0.717) is 5.02 Å². The largest absolute Gasteiger partial charge is 0.326 e. The molecule has 1 aliphatic rings. The summed E-state index contributed by atoms with van der Waals surface area (Å²) in [5.41, 5.74) is 3.07. The quantitative estimate of drug-likeness (QED) is 0.590. The van der Waals surface area contributed by atoms with Gasteiger partial charge in [0.25, 0.3) is 0 Å². The first-order chi connectivity index (χ1) is 13.0. The molecule has 0 saturated heterocycles. The monoisotopic (exact) mass is 444 g/mol. The number of halogens is 1. The third-order valence-electron chi connectivity index (χ3n) is 4.68. The highest BCUT2D eigenvalue weighted by Crippen LogP contribution is 2.35. The second-order valence-corrected chi connectivity index (χ2v) is 10.9. The number of rotatable bonds is 6. The molecule has 0 amide bonds. The maximum absolute atomic E-state index is 12.5.